The fourth-order valence-corrected chi connectivity index (χ4v) is 3.48. The number of carboxylic acids is 1. The summed E-state index contributed by atoms with van der Waals surface area (Å²) >= 11 is 0. The molecular formula is C18H23F3N2O5. The Morgan fingerprint density at radius 1 is 1.29 bits per heavy atom. The van der Waals surface area contributed by atoms with E-state index in [-0.39, 0.29) is 24.7 Å². The number of hydrogen-bond acceptors (Lipinski definition) is 5. The zero-order chi connectivity index (χ0) is 20.5. The standard InChI is InChI=1S/C16H22N2O3.C2HF3O2/c1-11-2-5-13(21-11)7-17-8-14-15(9-17)20-10-16(19)18(14)6-12-3-4-12;3-2(4,5)1(6)7/h2,5,12,14-15H,3-4,6-10H2,1H3;(H,6,7)/t14-,15-;/m1./s1. The quantitative estimate of drug-likeness (QED) is 0.827. The number of nitrogens with zero attached hydrogens (tertiary/aromatic N) is 2. The first-order valence-electron chi connectivity index (χ1n) is 9.12. The van der Waals surface area contributed by atoms with Crippen molar-refractivity contribution in [1.29, 1.82) is 0 Å². The first kappa shape index (κ1) is 20.7. The molecule has 2 aliphatic heterocycles. The van der Waals surface area contributed by atoms with Gasteiger partial charge >= 0.3 is 12.1 Å². The Balaban J connectivity index is 0.000000279. The molecule has 3 heterocycles. The lowest BCUT2D eigenvalue weighted by Gasteiger charge is -2.36. The van der Waals surface area contributed by atoms with Gasteiger partial charge in [-0.25, -0.2) is 4.79 Å². The van der Waals surface area contributed by atoms with Crippen LogP contribution in [0.4, 0.5) is 13.2 Å². The third-order valence-electron chi connectivity index (χ3n) is 5.02. The number of carboxylic acid groups (broad SMARTS) is 1. The third-order valence-corrected chi connectivity index (χ3v) is 5.02. The van der Waals surface area contributed by atoms with Crippen LogP contribution in [0.5, 0.6) is 0 Å². The summed E-state index contributed by atoms with van der Waals surface area (Å²) in [5, 5.41) is 7.12. The Labute approximate surface area is 160 Å². The van der Waals surface area contributed by atoms with Crippen LogP contribution in [-0.4, -0.2) is 71.3 Å². The van der Waals surface area contributed by atoms with E-state index in [1.807, 2.05) is 19.1 Å². The van der Waals surface area contributed by atoms with E-state index in [9.17, 15) is 18.0 Å². The Morgan fingerprint density at radius 3 is 2.50 bits per heavy atom. The first-order chi connectivity index (χ1) is 13.1. The second-order valence-electron chi connectivity index (χ2n) is 7.42. The number of alkyl halides is 3. The van der Waals surface area contributed by atoms with Gasteiger partial charge in [0.05, 0.1) is 18.7 Å². The summed E-state index contributed by atoms with van der Waals surface area (Å²) < 4.78 is 43.2. The number of morpholine rings is 1. The van der Waals surface area contributed by atoms with Gasteiger partial charge in [-0.3, -0.25) is 9.69 Å². The number of halogens is 3. The van der Waals surface area contributed by atoms with Gasteiger partial charge in [0.1, 0.15) is 18.1 Å². The van der Waals surface area contributed by atoms with Crippen LogP contribution in [0, 0.1) is 12.8 Å². The van der Waals surface area contributed by atoms with Gasteiger partial charge in [-0.2, -0.15) is 13.2 Å². The molecule has 0 unspecified atom stereocenters. The Morgan fingerprint density at radius 2 is 1.96 bits per heavy atom. The largest absolute Gasteiger partial charge is 0.490 e. The predicted molar refractivity (Wildman–Crippen MR) is 90.4 cm³/mol. The molecule has 1 N–H and O–H groups in total. The molecule has 1 aromatic heterocycles. The summed E-state index contributed by atoms with van der Waals surface area (Å²) in [5.41, 5.74) is 0. The van der Waals surface area contributed by atoms with Crippen molar-refractivity contribution >= 4 is 11.9 Å². The molecule has 0 spiro atoms. The van der Waals surface area contributed by atoms with Crippen molar-refractivity contribution in [3.05, 3.63) is 23.7 Å². The van der Waals surface area contributed by atoms with E-state index in [0.717, 1.165) is 43.6 Å². The van der Waals surface area contributed by atoms with E-state index in [1.165, 1.54) is 12.8 Å². The highest BCUT2D eigenvalue weighted by atomic mass is 19.4. The number of amides is 1. The summed E-state index contributed by atoms with van der Waals surface area (Å²) in [7, 11) is 0. The van der Waals surface area contributed by atoms with E-state index >= 15 is 0 Å². The highest BCUT2D eigenvalue weighted by Crippen LogP contribution is 2.33. The molecular weight excluding hydrogens is 381 g/mol. The second-order valence-corrected chi connectivity index (χ2v) is 7.42. The zero-order valence-electron chi connectivity index (χ0n) is 15.4. The number of likely N-dealkylation sites (tertiary alicyclic amines) is 1. The number of aliphatic carboxylic acids is 1. The average Bonchev–Trinajstić information content (AvgIpc) is 3.19. The minimum atomic E-state index is -5.08. The summed E-state index contributed by atoms with van der Waals surface area (Å²) in [6.07, 6.45) is -2.37. The van der Waals surface area contributed by atoms with Gasteiger partial charge in [0.15, 0.2) is 0 Å². The molecule has 1 aromatic rings. The third kappa shape index (κ3) is 5.26. The predicted octanol–water partition coefficient (Wildman–Crippen LogP) is 2.04. The summed E-state index contributed by atoms with van der Waals surface area (Å²) in [5.74, 6) is 0.0791. The summed E-state index contributed by atoms with van der Waals surface area (Å²) in [6, 6.07) is 4.26. The molecule has 7 nitrogen and oxygen atoms in total. The minimum Gasteiger partial charge on any atom is -0.475 e. The molecule has 3 aliphatic rings. The van der Waals surface area contributed by atoms with Crippen molar-refractivity contribution < 1.29 is 37.0 Å². The molecule has 0 radical (unpaired) electrons. The van der Waals surface area contributed by atoms with E-state index < -0.39 is 12.1 Å². The van der Waals surface area contributed by atoms with E-state index in [0.29, 0.717) is 0 Å². The molecule has 2 saturated heterocycles. The number of ether oxygens (including phenoxy) is 1. The van der Waals surface area contributed by atoms with Crippen LogP contribution in [0.25, 0.3) is 0 Å². The van der Waals surface area contributed by atoms with E-state index in [4.69, 9.17) is 19.1 Å². The van der Waals surface area contributed by atoms with Crippen LogP contribution < -0.4 is 0 Å². The molecule has 1 saturated carbocycles. The fourth-order valence-electron chi connectivity index (χ4n) is 3.48. The smallest absolute Gasteiger partial charge is 0.475 e. The number of aryl methyl sites for hydroxylation is 1. The lowest BCUT2D eigenvalue weighted by molar-refractivity contribution is -0.192. The van der Waals surface area contributed by atoms with E-state index in [1.54, 1.807) is 0 Å². The molecule has 3 fully saturated rings. The van der Waals surface area contributed by atoms with Crippen molar-refractivity contribution in [3.63, 3.8) is 0 Å². The number of fused-ring (bicyclic) bond motifs is 1. The highest BCUT2D eigenvalue weighted by molar-refractivity contribution is 5.78. The minimum absolute atomic E-state index is 0.164. The summed E-state index contributed by atoms with van der Waals surface area (Å²) in [6.45, 7) is 5.72. The van der Waals surface area contributed by atoms with Crippen molar-refractivity contribution in [3.8, 4) is 0 Å². The fraction of sp³-hybridized carbons (Fsp3) is 0.667. The van der Waals surface area contributed by atoms with Gasteiger partial charge in [0.2, 0.25) is 5.91 Å². The monoisotopic (exact) mass is 404 g/mol. The molecule has 1 aliphatic carbocycles. The molecule has 4 rings (SSSR count). The van der Waals surface area contributed by atoms with Crippen LogP contribution in [0.1, 0.15) is 24.4 Å². The zero-order valence-corrected chi connectivity index (χ0v) is 15.4. The average molecular weight is 404 g/mol. The lowest BCUT2D eigenvalue weighted by atomic mass is 10.1. The molecule has 0 bridgehead atoms. The Bertz CT molecular complexity index is 716. The maximum atomic E-state index is 12.1. The maximum Gasteiger partial charge on any atom is 0.490 e. The topological polar surface area (TPSA) is 83.2 Å². The molecule has 1 amide bonds. The van der Waals surface area contributed by atoms with Crippen molar-refractivity contribution in [1.82, 2.24) is 9.80 Å². The van der Waals surface area contributed by atoms with Gasteiger partial charge in [0, 0.05) is 19.6 Å². The lowest BCUT2D eigenvalue weighted by Crippen LogP contribution is -2.54. The van der Waals surface area contributed by atoms with Gasteiger partial charge in [-0.15, -0.1) is 0 Å². The molecule has 10 heteroatoms. The van der Waals surface area contributed by atoms with Crippen molar-refractivity contribution in [2.45, 2.75) is 44.6 Å². The summed E-state index contributed by atoms with van der Waals surface area (Å²) in [4.78, 5) is 25.5. The van der Waals surface area contributed by atoms with Crippen LogP contribution in [0.3, 0.4) is 0 Å². The SMILES string of the molecule is Cc1ccc(CN2C[C@@H]3[C@@H](C2)OCC(=O)N3CC2CC2)o1.O=C(O)C(F)(F)F. The van der Waals surface area contributed by atoms with Crippen LogP contribution >= 0.6 is 0 Å². The number of carbonyl (C=O) groups is 2. The van der Waals surface area contributed by atoms with Gasteiger partial charge in [-0.1, -0.05) is 0 Å². The van der Waals surface area contributed by atoms with Crippen molar-refractivity contribution in [2.75, 3.05) is 26.2 Å². The van der Waals surface area contributed by atoms with Crippen molar-refractivity contribution in [2.24, 2.45) is 5.92 Å². The number of rotatable bonds is 4. The van der Waals surface area contributed by atoms with Crippen LogP contribution in [0.15, 0.2) is 16.5 Å². The molecule has 2 atom stereocenters. The maximum absolute atomic E-state index is 12.1. The Kier molecular flexibility index (Phi) is 5.99. The number of furan rings is 1. The molecule has 156 valence electrons. The van der Waals surface area contributed by atoms with E-state index in [2.05, 4.69) is 9.80 Å². The number of hydrogen-bond donors (Lipinski definition) is 1. The first-order valence-corrected chi connectivity index (χ1v) is 9.12. The van der Waals surface area contributed by atoms with Crippen LogP contribution in [-0.2, 0) is 20.9 Å². The molecule has 0 aromatic carbocycles. The normalized spacial score (nSPS) is 25.3. The number of carbonyl (C=O) groups excluding carboxylic acids is 1. The molecule has 28 heavy (non-hydrogen) atoms. The van der Waals surface area contributed by atoms with Gasteiger partial charge in [0.25, 0.3) is 0 Å². The Hall–Kier alpha value is -2.07. The highest BCUT2D eigenvalue weighted by Gasteiger charge is 2.44. The van der Waals surface area contributed by atoms with Gasteiger partial charge < -0.3 is 19.2 Å². The van der Waals surface area contributed by atoms with Gasteiger partial charge in [-0.05, 0) is 37.8 Å². The second kappa shape index (κ2) is 8.12. The van der Waals surface area contributed by atoms with Crippen LogP contribution in [0.2, 0.25) is 0 Å².